The molecule has 1 fully saturated rings. The summed E-state index contributed by atoms with van der Waals surface area (Å²) in [4.78, 5) is 36.3. The largest absolute Gasteiger partial charge is 0.489 e. The maximum absolute atomic E-state index is 12.1. The van der Waals surface area contributed by atoms with Crippen molar-refractivity contribution in [1.82, 2.24) is 20.8 Å². The summed E-state index contributed by atoms with van der Waals surface area (Å²) in [5.41, 5.74) is 8.94. The molecule has 2 aromatic carbocycles. The molecule has 2 amide bonds. The van der Waals surface area contributed by atoms with Crippen LogP contribution in [-0.2, 0) is 21.0 Å². The zero-order chi connectivity index (χ0) is 26.7. The van der Waals surface area contributed by atoms with Crippen LogP contribution in [0.25, 0.3) is 16.6 Å². The van der Waals surface area contributed by atoms with Crippen LogP contribution in [0.15, 0.2) is 60.7 Å². The van der Waals surface area contributed by atoms with Gasteiger partial charge in [0.25, 0.3) is 0 Å². The van der Waals surface area contributed by atoms with Gasteiger partial charge < -0.3 is 9.64 Å². The number of hydrogen-bond acceptors (Lipinski definition) is 7. The topological polar surface area (TPSA) is 113 Å². The highest BCUT2D eigenvalue weighted by molar-refractivity contribution is 5.82. The Bertz CT molecular complexity index is 1360. The number of hydroxylamine groups is 2. The number of carbonyl (C=O) groups is 2. The molecular weight excluding hydrogens is 484 g/mol. The molecule has 1 saturated heterocycles. The van der Waals surface area contributed by atoms with Crippen molar-refractivity contribution in [3.05, 3.63) is 77.5 Å². The van der Waals surface area contributed by atoms with Gasteiger partial charge in [0.15, 0.2) is 0 Å². The first kappa shape index (κ1) is 25.7. The van der Waals surface area contributed by atoms with Crippen LogP contribution in [0, 0.1) is 12.3 Å². The summed E-state index contributed by atoms with van der Waals surface area (Å²) in [5, 5.41) is 10.2. The summed E-state index contributed by atoms with van der Waals surface area (Å²) in [6, 6.07) is 17.9. The number of aryl methyl sites for hydroxylation is 1. The number of fused-ring (bicyclic) bond motifs is 1. The van der Waals surface area contributed by atoms with Gasteiger partial charge in [0.2, 0.25) is 11.8 Å². The molecular formula is C29H32N4O5. The third kappa shape index (κ3) is 5.34. The zero-order valence-electron chi connectivity index (χ0n) is 21.6. The number of benzene rings is 2. The first-order chi connectivity index (χ1) is 18.4. The molecule has 38 heavy (non-hydrogen) atoms. The monoisotopic (exact) mass is 516 g/mol. The Balaban J connectivity index is 1.28. The number of likely N-dealkylation sites (tertiary alicyclic amines) is 1. The third-order valence-electron chi connectivity index (χ3n) is 7.55. The molecule has 3 heterocycles. The molecule has 0 radical (unpaired) electrons. The number of nitrogens with zero attached hydrogens (tertiary/aromatic N) is 2. The molecule has 9 heteroatoms. The number of piperidine rings is 1. The fourth-order valence-electron chi connectivity index (χ4n) is 5.40. The lowest BCUT2D eigenvalue weighted by molar-refractivity contribution is -0.140. The van der Waals surface area contributed by atoms with E-state index >= 15 is 0 Å². The molecule has 198 valence electrons. The minimum atomic E-state index is -0.540. The number of rotatable bonds is 7. The fraction of sp³-hybridized carbons (Fsp3) is 0.345. The predicted octanol–water partition coefficient (Wildman–Crippen LogP) is 3.89. The quantitative estimate of drug-likeness (QED) is 0.323. The van der Waals surface area contributed by atoms with Crippen molar-refractivity contribution in [1.29, 1.82) is 0 Å². The van der Waals surface area contributed by atoms with Crippen LogP contribution in [0.1, 0.15) is 43.0 Å². The Morgan fingerprint density at radius 3 is 2.63 bits per heavy atom. The molecule has 2 aliphatic heterocycles. The maximum atomic E-state index is 12.1. The first-order valence-electron chi connectivity index (χ1n) is 12.8. The number of pyridine rings is 1. The average Bonchev–Trinajstić information content (AvgIpc) is 3.43. The van der Waals surface area contributed by atoms with Crippen molar-refractivity contribution in [2.45, 2.75) is 45.8 Å². The number of amides is 2. The smallest absolute Gasteiger partial charge is 0.244 e. The van der Waals surface area contributed by atoms with Crippen molar-refractivity contribution in [3.8, 4) is 5.75 Å². The SMILES string of the molecule is CC(=O)N1CCC(CC(=O)NO)(C2C=C(c3ccc(OCc4cc(C)nc5ccccc45)cc3)NO2)CC1. The van der Waals surface area contributed by atoms with Crippen LogP contribution in [0.4, 0.5) is 0 Å². The lowest BCUT2D eigenvalue weighted by Gasteiger charge is -2.43. The second-order valence-electron chi connectivity index (χ2n) is 10.1. The van der Waals surface area contributed by atoms with Gasteiger partial charge in [-0.05, 0) is 67.8 Å². The van der Waals surface area contributed by atoms with Crippen LogP contribution >= 0.6 is 0 Å². The van der Waals surface area contributed by atoms with E-state index in [-0.39, 0.29) is 18.4 Å². The summed E-state index contributed by atoms with van der Waals surface area (Å²) < 4.78 is 6.09. The highest BCUT2D eigenvalue weighted by Gasteiger charge is 2.45. The standard InChI is InChI=1S/C29H32N4O5/c1-19-15-22(24-5-3-4-6-25(24)30-19)18-37-23-9-7-21(8-10-23)26-16-27(38-32-26)29(17-28(35)31-36)11-13-33(14-12-29)20(2)34/h3-10,15-16,27,32,36H,11-14,17-18H2,1-2H3,(H,31,35). The number of nitrogens with one attached hydrogen (secondary N) is 2. The molecule has 0 bridgehead atoms. The number of para-hydroxylation sites is 1. The highest BCUT2D eigenvalue weighted by Crippen LogP contribution is 2.43. The van der Waals surface area contributed by atoms with Crippen LogP contribution in [0.5, 0.6) is 5.75 Å². The second-order valence-corrected chi connectivity index (χ2v) is 10.1. The minimum absolute atomic E-state index is 0.0152. The van der Waals surface area contributed by atoms with Crippen LogP contribution < -0.4 is 15.7 Å². The van der Waals surface area contributed by atoms with E-state index in [1.165, 1.54) is 0 Å². The summed E-state index contributed by atoms with van der Waals surface area (Å²) in [6.45, 7) is 5.04. The number of hydrogen-bond donors (Lipinski definition) is 3. The van der Waals surface area contributed by atoms with E-state index in [9.17, 15) is 9.59 Å². The summed E-state index contributed by atoms with van der Waals surface area (Å²) >= 11 is 0. The molecule has 1 atom stereocenters. The lowest BCUT2D eigenvalue weighted by atomic mass is 9.71. The Morgan fingerprint density at radius 1 is 1.18 bits per heavy atom. The fourth-order valence-corrected chi connectivity index (χ4v) is 5.40. The Kier molecular flexibility index (Phi) is 7.31. The first-order valence-corrected chi connectivity index (χ1v) is 12.8. The van der Waals surface area contributed by atoms with Gasteiger partial charge in [-0.25, -0.2) is 5.48 Å². The maximum Gasteiger partial charge on any atom is 0.244 e. The van der Waals surface area contributed by atoms with E-state index in [4.69, 9.17) is 14.8 Å². The minimum Gasteiger partial charge on any atom is -0.489 e. The third-order valence-corrected chi connectivity index (χ3v) is 7.55. The van der Waals surface area contributed by atoms with Crippen molar-refractivity contribution < 1.29 is 24.4 Å². The molecule has 2 aliphatic rings. The van der Waals surface area contributed by atoms with Gasteiger partial charge >= 0.3 is 0 Å². The molecule has 9 nitrogen and oxygen atoms in total. The zero-order valence-corrected chi connectivity index (χ0v) is 21.6. The second kappa shape index (κ2) is 10.8. The number of ether oxygens (including phenoxy) is 1. The van der Waals surface area contributed by atoms with Gasteiger partial charge in [-0.1, -0.05) is 18.2 Å². The molecule has 1 unspecified atom stereocenters. The average molecular weight is 517 g/mol. The highest BCUT2D eigenvalue weighted by atomic mass is 16.7. The van der Waals surface area contributed by atoms with Crippen LogP contribution in [0.3, 0.4) is 0 Å². The van der Waals surface area contributed by atoms with Crippen LogP contribution in [0.2, 0.25) is 0 Å². The van der Waals surface area contributed by atoms with Gasteiger partial charge in [0.05, 0.1) is 11.2 Å². The van der Waals surface area contributed by atoms with Gasteiger partial charge in [0, 0.05) is 48.5 Å². The van der Waals surface area contributed by atoms with Gasteiger partial charge in [0.1, 0.15) is 18.5 Å². The van der Waals surface area contributed by atoms with Gasteiger partial charge in [-0.3, -0.25) is 30.1 Å². The van der Waals surface area contributed by atoms with E-state index in [1.807, 2.05) is 55.5 Å². The Morgan fingerprint density at radius 2 is 1.92 bits per heavy atom. The molecule has 0 spiro atoms. The van der Waals surface area contributed by atoms with E-state index in [0.29, 0.717) is 32.5 Å². The lowest BCUT2D eigenvalue weighted by Crippen LogP contribution is -2.49. The normalized spacial score (nSPS) is 18.6. The molecule has 3 aromatic rings. The van der Waals surface area contributed by atoms with Crippen molar-refractivity contribution in [3.63, 3.8) is 0 Å². The summed E-state index contributed by atoms with van der Waals surface area (Å²) in [5.74, 6) is 0.294. The molecule has 3 N–H and O–H groups in total. The molecule has 0 saturated carbocycles. The van der Waals surface area contributed by atoms with Crippen LogP contribution in [-0.4, -0.2) is 46.1 Å². The molecule has 0 aliphatic carbocycles. The number of aromatic nitrogens is 1. The van der Waals surface area contributed by atoms with Gasteiger partial charge in [-0.15, -0.1) is 0 Å². The molecule has 5 rings (SSSR count). The Hall–Kier alpha value is -3.95. The van der Waals surface area contributed by atoms with E-state index < -0.39 is 11.3 Å². The summed E-state index contributed by atoms with van der Waals surface area (Å²) in [6.07, 6.45) is 2.87. The van der Waals surface area contributed by atoms with Crippen molar-refractivity contribution in [2.75, 3.05) is 13.1 Å². The van der Waals surface area contributed by atoms with E-state index in [0.717, 1.165) is 39.2 Å². The van der Waals surface area contributed by atoms with Crippen molar-refractivity contribution >= 4 is 28.4 Å². The van der Waals surface area contributed by atoms with Crippen molar-refractivity contribution in [2.24, 2.45) is 5.41 Å². The molecule has 1 aromatic heterocycles. The Labute approximate surface area is 221 Å². The predicted molar refractivity (Wildman–Crippen MR) is 142 cm³/mol. The van der Waals surface area contributed by atoms with E-state index in [1.54, 1.807) is 17.3 Å². The van der Waals surface area contributed by atoms with Gasteiger partial charge in [-0.2, -0.15) is 0 Å². The number of carbonyl (C=O) groups excluding carboxylic acids is 2. The summed E-state index contributed by atoms with van der Waals surface area (Å²) in [7, 11) is 0. The van der Waals surface area contributed by atoms with E-state index in [2.05, 4.69) is 22.6 Å².